The molecule has 1 fully saturated rings. The molecule has 131 heavy (non-hydrogen) atoms. The number of pyridine rings is 4. The first-order valence-corrected chi connectivity index (χ1v) is 44.9. The second-order valence-corrected chi connectivity index (χ2v) is 36.2. The van der Waals surface area contributed by atoms with E-state index in [4.69, 9.17) is 28.7 Å². The second-order valence-electron chi connectivity index (χ2n) is 32.2. The monoisotopic (exact) mass is 1830 g/mol. The molecular formula is C99H99F2N21O5S4. The van der Waals surface area contributed by atoms with Crippen molar-refractivity contribution < 1.29 is 32.8 Å². The van der Waals surface area contributed by atoms with Crippen LogP contribution < -0.4 is 33.6 Å². The Morgan fingerprint density at radius 3 is 1.48 bits per heavy atom. The molecule has 668 valence electrons. The number of alkyl halides is 1. The van der Waals surface area contributed by atoms with Gasteiger partial charge in [0, 0.05) is 190 Å². The van der Waals surface area contributed by atoms with E-state index in [-0.39, 0.29) is 82.7 Å². The molecule has 0 aliphatic carbocycles. The van der Waals surface area contributed by atoms with Gasteiger partial charge in [0.05, 0.1) is 54.0 Å². The number of thiophene rings is 3. The van der Waals surface area contributed by atoms with E-state index in [9.17, 15) is 32.8 Å². The van der Waals surface area contributed by atoms with Crippen LogP contribution in [0.1, 0.15) is 167 Å². The van der Waals surface area contributed by atoms with E-state index in [2.05, 4.69) is 168 Å². The van der Waals surface area contributed by atoms with Gasteiger partial charge in [-0.25, -0.2) is 34.3 Å². The van der Waals surface area contributed by atoms with Gasteiger partial charge in [0.2, 0.25) is 29.8 Å². The van der Waals surface area contributed by atoms with E-state index in [1.807, 2.05) is 102 Å². The third kappa shape index (κ3) is 21.9. The van der Waals surface area contributed by atoms with Crippen molar-refractivity contribution in [3.05, 3.63) is 210 Å². The number of hydrogen-bond donors (Lipinski definition) is 5. The zero-order chi connectivity index (χ0) is 94.4. The van der Waals surface area contributed by atoms with Gasteiger partial charge in [-0.1, -0.05) is 59.8 Å². The number of benzene rings is 2. The fourth-order valence-corrected chi connectivity index (χ4v) is 19.4. The first-order chi connectivity index (χ1) is 62.5. The second kappa shape index (κ2) is 41.3. The summed E-state index contributed by atoms with van der Waals surface area (Å²) in [5.41, 5.74) is 39.1. The average molecular weight is 1830 g/mol. The largest absolute Gasteiger partial charge is 0.370 e. The van der Waals surface area contributed by atoms with Crippen LogP contribution in [0.15, 0.2) is 177 Å². The lowest BCUT2D eigenvalue weighted by Gasteiger charge is -2.44. The first-order valence-electron chi connectivity index (χ1n) is 41.6. The molecule has 5 amide bonds. The van der Waals surface area contributed by atoms with Crippen molar-refractivity contribution in [1.82, 2.24) is 49.4 Å². The molecule has 6 aliphatic heterocycles. The van der Waals surface area contributed by atoms with Gasteiger partial charge in [-0.15, -0.1) is 80.9 Å². The van der Waals surface area contributed by atoms with Crippen LogP contribution >= 0.6 is 45.3 Å². The maximum atomic E-state index is 14.7. The fourth-order valence-electron chi connectivity index (χ4n) is 15.2. The number of aliphatic imine (C=N–C) groups is 5. The topological polar surface area (TPSA) is 361 Å². The predicted octanol–water partition coefficient (Wildman–Crippen LogP) is 13.9. The highest BCUT2D eigenvalue weighted by molar-refractivity contribution is 7.16. The quantitative estimate of drug-likeness (QED) is 0.0751. The molecule has 26 nitrogen and oxygen atoms in total. The molecule has 7 atom stereocenters. The van der Waals surface area contributed by atoms with Crippen molar-refractivity contribution in [2.45, 2.75) is 142 Å². The standard InChI is InChI=1S/C26H23N5OS.C19H25N5O.C18H16F2N4OS.C18H18N4OS.C18H17N3OS/c1-5-7-17-9-19(15-28-13-17)21-11-22(26(3)12-23(32)31(4)25(27)30-26)33-24(21)20-10-18(8-6-2)14-29-16-20;1-4-6-14-9-16(12-21-11-14)24-8-5-7-15(13-24)19(2)10-17(25)23(3)18(20)22-19;1-4-5-10-6-11(9-22-8-10)12-7-13(26-15(12)20)18(2)14(19)16(25)24(3)17(21)23-18;1-4-6-12-7-5-8-13(9-12)16-20-11-14(24-16)18(2)10-15(23)22(3)17(19)21-18;1-3-5-12-6-4-7-13(8-12)14-9-16(23-11-14)15-10-17(22)21(2)18(19)20-15/h9-11,13-16H,12H2,1-4H3,(H2,27,30);9,11-12,15H,5,7-8,10,13H2,1-3H3,(H2,20,22);6-9,14H,1-3H3,(H2,21,23);5,7-9,11H,10H2,1-3H3,(H2,19,21);4,6-9,11,15H,10H2,1-2H3,(H2,19,20)/t26-;15?,19-;14-,18+;18-;15-/m00000/s1. The minimum Gasteiger partial charge on any atom is -0.370 e. The van der Waals surface area contributed by atoms with Gasteiger partial charge in [-0.3, -0.25) is 68.4 Å². The summed E-state index contributed by atoms with van der Waals surface area (Å²) < 4.78 is 29.3. The lowest BCUT2D eigenvalue weighted by atomic mass is 9.77. The molecule has 6 aliphatic rings. The Balaban J connectivity index is 0.000000149. The Labute approximate surface area is 777 Å². The van der Waals surface area contributed by atoms with Gasteiger partial charge >= 0.3 is 0 Å². The zero-order valence-corrected chi connectivity index (χ0v) is 78.6. The molecule has 32 heteroatoms. The predicted molar refractivity (Wildman–Crippen MR) is 519 cm³/mol. The highest BCUT2D eigenvalue weighted by atomic mass is 32.1. The molecule has 16 rings (SSSR count). The van der Waals surface area contributed by atoms with Gasteiger partial charge in [0.1, 0.15) is 21.6 Å². The van der Waals surface area contributed by atoms with Gasteiger partial charge in [-0.2, -0.15) is 4.39 Å². The number of halogens is 2. The Kier molecular flexibility index (Phi) is 30.1. The van der Waals surface area contributed by atoms with Crippen LogP contribution in [0, 0.1) is 82.1 Å². The number of piperidine rings is 1. The normalized spacial score (nSPS) is 20.8. The average Bonchev–Trinajstić information content (AvgIpc) is 1.66. The van der Waals surface area contributed by atoms with Crippen molar-refractivity contribution >= 4 is 110 Å². The number of anilines is 1. The van der Waals surface area contributed by atoms with Crippen LogP contribution in [0.3, 0.4) is 0 Å². The summed E-state index contributed by atoms with van der Waals surface area (Å²) in [7, 11) is 7.96. The molecule has 14 heterocycles. The van der Waals surface area contributed by atoms with Crippen LogP contribution in [0.5, 0.6) is 0 Å². The van der Waals surface area contributed by atoms with E-state index in [0.29, 0.717) is 29.9 Å². The van der Waals surface area contributed by atoms with E-state index in [0.717, 1.165) is 134 Å². The number of nitrogens with two attached hydrogens (primary N) is 5. The molecule has 0 radical (unpaired) electrons. The smallest absolute Gasteiger partial charge is 0.266 e. The third-order valence-electron chi connectivity index (χ3n) is 22.7. The van der Waals surface area contributed by atoms with Gasteiger partial charge in [-0.05, 0) is 165 Å². The minimum absolute atomic E-state index is 0.00216. The van der Waals surface area contributed by atoms with Crippen molar-refractivity contribution in [2.24, 2.45) is 59.5 Å². The number of carbonyl (C=O) groups is 5. The lowest BCUT2D eigenvalue weighted by Crippen LogP contribution is -2.54. The van der Waals surface area contributed by atoms with Crippen LogP contribution in [-0.4, -0.2) is 169 Å². The van der Waals surface area contributed by atoms with E-state index < -0.39 is 39.4 Å². The van der Waals surface area contributed by atoms with Crippen molar-refractivity contribution in [2.75, 3.05) is 53.2 Å². The zero-order valence-electron chi connectivity index (χ0n) is 75.3. The Morgan fingerprint density at radius 1 is 0.450 bits per heavy atom. The van der Waals surface area contributed by atoms with Crippen LogP contribution in [0.4, 0.5) is 14.5 Å². The first kappa shape index (κ1) is 95.6. The number of rotatable bonds is 11. The van der Waals surface area contributed by atoms with Crippen LogP contribution in [0.2, 0.25) is 0 Å². The van der Waals surface area contributed by atoms with E-state index >= 15 is 0 Å². The highest BCUT2D eigenvalue weighted by Crippen LogP contribution is 2.48. The fraction of sp³-hybridized carbons (Fsp3) is 0.303. The molecule has 0 saturated carbocycles. The third-order valence-corrected chi connectivity index (χ3v) is 27.6. The molecular weight excluding hydrogens is 1730 g/mol. The number of thiazole rings is 1. The number of guanidine groups is 5. The summed E-state index contributed by atoms with van der Waals surface area (Å²) in [5.74, 6) is 35.8. The number of aromatic nitrogens is 5. The highest BCUT2D eigenvalue weighted by Gasteiger charge is 2.49. The molecule has 1 saturated heterocycles. The number of carbonyl (C=O) groups excluding carboxylic acids is 5. The van der Waals surface area contributed by atoms with Crippen molar-refractivity contribution in [3.63, 3.8) is 0 Å². The summed E-state index contributed by atoms with van der Waals surface area (Å²) in [4.78, 5) is 118. The summed E-state index contributed by atoms with van der Waals surface area (Å²) in [5, 5.41) is 2.45. The van der Waals surface area contributed by atoms with Gasteiger partial charge in [0.25, 0.3) is 5.91 Å². The number of amides is 5. The summed E-state index contributed by atoms with van der Waals surface area (Å²) >= 11 is 5.45. The number of nitrogens with zero attached hydrogens (tertiary/aromatic N) is 16. The lowest BCUT2D eigenvalue weighted by molar-refractivity contribution is -0.135. The van der Waals surface area contributed by atoms with Gasteiger partial charge in [0.15, 0.2) is 34.9 Å². The van der Waals surface area contributed by atoms with Crippen molar-refractivity contribution in [1.29, 1.82) is 0 Å². The molecule has 2 aromatic carbocycles. The molecule has 10 N–H and O–H groups in total. The van der Waals surface area contributed by atoms with Crippen molar-refractivity contribution in [3.8, 4) is 125 Å². The molecule has 0 spiro atoms. The Bertz CT molecular complexity index is 6610. The van der Waals surface area contributed by atoms with E-state index in [1.165, 1.54) is 57.2 Å². The molecule has 8 aromatic heterocycles. The summed E-state index contributed by atoms with van der Waals surface area (Å²) in [6.07, 6.45) is 17.1. The maximum Gasteiger partial charge on any atom is 0.266 e. The van der Waals surface area contributed by atoms with Gasteiger partial charge < -0.3 is 33.6 Å². The summed E-state index contributed by atoms with van der Waals surface area (Å²) in [6.45, 7) is 19.9. The Hall–Kier alpha value is -14.5. The summed E-state index contributed by atoms with van der Waals surface area (Å²) in [6, 6.07) is 29.4. The van der Waals surface area contributed by atoms with Crippen LogP contribution in [-0.2, 0) is 40.6 Å². The Morgan fingerprint density at radius 2 is 0.924 bits per heavy atom. The van der Waals surface area contributed by atoms with E-state index in [1.54, 1.807) is 109 Å². The minimum atomic E-state index is -1.96. The SMILES string of the molecule is CC#Cc1cccc(-c2csc([C@@H]3CC(=O)N(C)C(N)=N3)c2)c1.CC#Cc1cccc(-c2ncc([C@]3(C)CC(=O)N(C)C(N)=N3)s2)c1.CC#Cc1cncc(-c2cc([C@@]3(C)N=C(N)N(C)C(=O)[C@@H]3F)sc2F)c1.CC#Cc1cncc(-c2cc([C@]3(C)CC(=O)N(C)C(N)=N3)sc2-c2cncc(C#CC)c2)c1.CC#Cc1cncc(N2CCCC([C@]3(C)CC(=O)N(C)C(N)=N3)C2)c1. The van der Waals surface area contributed by atoms with Crippen LogP contribution in [0.25, 0.3) is 54.4 Å². The molecule has 0 bridgehead atoms. The molecule has 10 aromatic rings. The number of hydrogen-bond acceptors (Lipinski definition) is 25. The maximum absolute atomic E-state index is 14.7. The molecule has 1 unspecified atom stereocenters.